The number of fused-ring (bicyclic) bond motifs is 1. The largest absolute Gasteiger partial charge is 0.337 e. The summed E-state index contributed by atoms with van der Waals surface area (Å²) in [5.74, 6) is 1.05. The van der Waals surface area contributed by atoms with Gasteiger partial charge in [0.15, 0.2) is 0 Å². The van der Waals surface area contributed by atoms with Crippen molar-refractivity contribution in [3.05, 3.63) is 16.9 Å². The average Bonchev–Trinajstić information content (AvgIpc) is 2.72. The molecular formula is C11H13BrN4O. The first kappa shape index (κ1) is 11.0. The van der Waals surface area contributed by atoms with E-state index in [4.69, 9.17) is 0 Å². The maximum Gasteiger partial charge on any atom is 0.225 e. The van der Waals surface area contributed by atoms with Crippen molar-refractivity contribution in [3.63, 3.8) is 0 Å². The molecule has 5 nitrogen and oxygen atoms in total. The molecule has 90 valence electrons. The highest BCUT2D eigenvalue weighted by atomic mass is 79.9. The van der Waals surface area contributed by atoms with E-state index in [2.05, 4.69) is 30.8 Å². The lowest BCUT2D eigenvalue weighted by atomic mass is 10.2. The number of hydrogen-bond donors (Lipinski definition) is 0. The van der Waals surface area contributed by atoms with Gasteiger partial charge in [-0.15, -0.1) is 0 Å². The van der Waals surface area contributed by atoms with E-state index in [1.807, 2.05) is 4.90 Å². The topological polar surface area (TPSA) is 49.3 Å². The van der Waals surface area contributed by atoms with Crippen LogP contribution >= 0.6 is 15.9 Å². The smallest absolute Gasteiger partial charge is 0.225 e. The minimum absolute atomic E-state index is 0.298. The van der Waals surface area contributed by atoms with Gasteiger partial charge in [-0.05, 0) is 22.4 Å². The van der Waals surface area contributed by atoms with E-state index in [9.17, 15) is 4.79 Å². The van der Waals surface area contributed by atoms with Crippen molar-refractivity contribution in [2.75, 3.05) is 24.5 Å². The number of amides is 1. The number of hydrogen-bond acceptors (Lipinski definition) is 4. The molecule has 0 bridgehead atoms. The van der Waals surface area contributed by atoms with Crippen molar-refractivity contribution in [2.24, 2.45) is 0 Å². The highest BCUT2D eigenvalue weighted by Gasteiger charge is 2.35. The van der Waals surface area contributed by atoms with Crippen molar-refractivity contribution < 1.29 is 4.79 Å². The monoisotopic (exact) mass is 296 g/mol. The zero-order valence-electron chi connectivity index (χ0n) is 9.34. The summed E-state index contributed by atoms with van der Waals surface area (Å²) in [6.45, 7) is 2.47. The maximum absolute atomic E-state index is 11.6. The molecule has 6 heteroatoms. The number of rotatable bonds is 1. The fraction of sp³-hybridized carbons (Fsp3) is 0.545. The number of aromatic nitrogens is 2. The Morgan fingerprint density at radius 1 is 1.29 bits per heavy atom. The first-order valence-corrected chi connectivity index (χ1v) is 6.55. The first-order valence-electron chi connectivity index (χ1n) is 5.76. The van der Waals surface area contributed by atoms with Gasteiger partial charge in [0.1, 0.15) is 0 Å². The predicted octanol–water partition coefficient (Wildman–Crippen LogP) is 1.05. The standard InChI is InChI=1S/C11H13BrN4O/c12-8-5-13-11(14-6-8)15-3-4-16-9(7-15)1-2-10(16)17/h5-6,9H,1-4,7H2. The quantitative estimate of drug-likeness (QED) is 0.777. The van der Waals surface area contributed by atoms with Gasteiger partial charge >= 0.3 is 0 Å². The summed E-state index contributed by atoms with van der Waals surface area (Å²) in [6.07, 6.45) is 5.18. The summed E-state index contributed by atoms with van der Waals surface area (Å²) in [5, 5.41) is 0. The van der Waals surface area contributed by atoms with Gasteiger partial charge in [-0.25, -0.2) is 9.97 Å². The summed E-state index contributed by atoms with van der Waals surface area (Å²) in [4.78, 5) is 24.3. The van der Waals surface area contributed by atoms with E-state index in [1.165, 1.54) is 0 Å². The Bertz CT molecular complexity index is 436. The van der Waals surface area contributed by atoms with Crippen molar-refractivity contribution in [3.8, 4) is 0 Å². The van der Waals surface area contributed by atoms with Crippen LogP contribution in [0.4, 0.5) is 5.95 Å². The number of halogens is 1. The van der Waals surface area contributed by atoms with Crippen molar-refractivity contribution >= 4 is 27.8 Å². The van der Waals surface area contributed by atoms with Crippen LogP contribution in [0.3, 0.4) is 0 Å². The molecule has 0 saturated carbocycles. The fourth-order valence-electron chi connectivity index (χ4n) is 2.51. The van der Waals surface area contributed by atoms with Gasteiger partial charge < -0.3 is 9.80 Å². The highest BCUT2D eigenvalue weighted by Crippen LogP contribution is 2.24. The van der Waals surface area contributed by atoms with Crippen LogP contribution in [0.25, 0.3) is 0 Å². The van der Waals surface area contributed by atoms with E-state index in [1.54, 1.807) is 12.4 Å². The zero-order valence-corrected chi connectivity index (χ0v) is 10.9. The lowest BCUT2D eigenvalue weighted by Crippen LogP contribution is -2.51. The summed E-state index contributed by atoms with van der Waals surface area (Å²) in [7, 11) is 0. The second kappa shape index (κ2) is 4.25. The minimum Gasteiger partial charge on any atom is -0.337 e. The summed E-state index contributed by atoms with van der Waals surface area (Å²) < 4.78 is 0.885. The number of nitrogens with zero attached hydrogens (tertiary/aromatic N) is 4. The molecular weight excluding hydrogens is 284 g/mol. The molecule has 0 N–H and O–H groups in total. The van der Waals surface area contributed by atoms with E-state index in [0.29, 0.717) is 18.4 Å². The van der Waals surface area contributed by atoms with Crippen molar-refractivity contribution in [1.82, 2.24) is 14.9 Å². The molecule has 2 saturated heterocycles. The summed E-state index contributed by atoms with van der Waals surface area (Å²) in [6, 6.07) is 0.350. The lowest BCUT2D eigenvalue weighted by molar-refractivity contribution is -0.129. The number of carbonyl (C=O) groups excluding carboxylic acids is 1. The molecule has 0 spiro atoms. The summed E-state index contributed by atoms with van der Waals surface area (Å²) >= 11 is 3.33. The Kier molecular flexibility index (Phi) is 2.74. The molecule has 1 atom stereocenters. The molecule has 0 radical (unpaired) electrons. The Morgan fingerprint density at radius 2 is 2.06 bits per heavy atom. The van der Waals surface area contributed by atoms with Crippen LogP contribution in [0, 0.1) is 0 Å². The van der Waals surface area contributed by atoms with Crippen LogP contribution in [0.5, 0.6) is 0 Å². The van der Waals surface area contributed by atoms with Crippen LogP contribution < -0.4 is 4.90 Å². The molecule has 2 aliphatic heterocycles. The van der Waals surface area contributed by atoms with E-state index >= 15 is 0 Å². The van der Waals surface area contributed by atoms with Gasteiger partial charge in [-0.3, -0.25) is 4.79 Å². The van der Waals surface area contributed by atoms with Gasteiger partial charge in [-0.2, -0.15) is 0 Å². The number of anilines is 1. The lowest BCUT2D eigenvalue weighted by Gasteiger charge is -2.37. The highest BCUT2D eigenvalue weighted by molar-refractivity contribution is 9.10. The van der Waals surface area contributed by atoms with Gasteiger partial charge in [0.2, 0.25) is 11.9 Å². The van der Waals surface area contributed by atoms with Crippen molar-refractivity contribution in [1.29, 1.82) is 0 Å². The average molecular weight is 297 g/mol. The third kappa shape index (κ3) is 2.01. The van der Waals surface area contributed by atoms with Crippen LogP contribution in [0.15, 0.2) is 16.9 Å². The Labute approximate surface area is 108 Å². The van der Waals surface area contributed by atoms with E-state index in [0.717, 1.165) is 36.5 Å². The Morgan fingerprint density at radius 3 is 2.82 bits per heavy atom. The Hall–Kier alpha value is -1.17. The van der Waals surface area contributed by atoms with Crippen LogP contribution in [-0.2, 0) is 4.79 Å². The van der Waals surface area contributed by atoms with Crippen molar-refractivity contribution in [2.45, 2.75) is 18.9 Å². The van der Waals surface area contributed by atoms with Gasteiger partial charge in [0, 0.05) is 44.5 Å². The molecule has 17 heavy (non-hydrogen) atoms. The second-order valence-corrected chi connectivity index (χ2v) is 5.34. The van der Waals surface area contributed by atoms with Crippen LogP contribution in [-0.4, -0.2) is 46.5 Å². The molecule has 1 unspecified atom stereocenters. The molecule has 0 aromatic carbocycles. The molecule has 0 aliphatic carbocycles. The van der Waals surface area contributed by atoms with Crippen LogP contribution in [0.2, 0.25) is 0 Å². The minimum atomic E-state index is 0.298. The maximum atomic E-state index is 11.6. The molecule has 2 fully saturated rings. The number of carbonyl (C=O) groups is 1. The number of piperazine rings is 1. The third-order valence-electron chi connectivity index (χ3n) is 3.38. The molecule has 1 amide bonds. The zero-order chi connectivity index (χ0) is 11.8. The Balaban J connectivity index is 1.75. The molecule has 1 aromatic heterocycles. The van der Waals surface area contributed by atoms with Gasteiger partial charge in [-0.1, -0.05) is 0 Å². The molecule has 2 aliphatic rings. The van der Waals surface area contributed by atoms with Gasteiger partial charge in [0.05, 0.1) is 4.47 Å². The fourth-order valence-corrected chi connectivity index (χ4v) is 2.72. The SMILES string of the molecule is O=C1CCC2CN(c3ncc(Br)cn3)CCN12. The van der Waals surface area contributed by atoms with E-state index in [-0.39, 0.29) is 0 Å². The summed E-state index contributed by atoms with van der Waals surface area (Å²) in [5.41, 5.74) is 0. The normalized spacial score (nSPS) is 24.1. The van der Waals surface area contributed by atoms with Crippen LogP contribution in [0.1, 0.15) is 12.8 Å². The second-order valence-electron chi connectivity index (χ2n) is 4.43. The molecule has 3 rings (SSSR count). The molecule has 3 heterocycles. The molecule has 1 aromatic rings. The third-order valence-corrected chi connectivity index (χ3v) is 3.79. The predicted molar refractivity (Wildman–Crippen MR) is 66.7 cm³/mol. The first-order chi connectivity index (χ1) is 8.24. The van der Waals surface area contributed by atoms with E-state index < -0.39 is 0 Å². The van der Waals surface area contributed by atoms with Gasteiger partial charge in [0.25, 0.3) is 0 Å².